The van der Waals surface area contributed by atoms with E-state index >= 15 is 0 Å². The van der Waals surface area contributed by atoms with Crippen molar-refractivity contribution < 1.29 is 9.13 Å². The minimum absolute atomic E-state index is 0.199. The van der Waals surface area contributed by atoms with E-state index in [-0.39, 0.29) is 17.8 Å². The Kier molecular flexibility index (Phi) is 4.16. The molecule has 0 bridgehead atoms. The number of halogens is 1. The van der Waals surface area contributed by atoms with Gasteiger partial charge in [-0.25, -0.2) is 9.37 Å². The molecule has 7 heteroatoms. The molecule has 5 rings (SSSR count). The number of H-pyrrole nitrogens is 1. The maximum Gasteiger partial charge on any atom is 0.254 e. The van der Waals surface area contributed by atoms with Gasteiger partial charge in [-0.2, -0.15) is 5.26 Å². The molecule has 0 saturated carbocycles. The van der Waals surface area contributed by atoms with Crippen molar-refractivity contribution in [2.45, 2.75) is 31.6 Å². The summed E-state index contributed by atoms with van der Waals surface area (Å²) in [6.45, 7) is 1.76. The third kappa shape index (κ3) is 2.68. The van der Waals surface area contributed by atoms with E-state index in [2.05, 4.69) is 16.0 Å². The van der Waals surface area contributed by atoms with Crippen LogP contribution in [0.1, 0.15) is 29.1 Å². The van der Waals surface area contributed by atoms with Crippen LogP contribution in [-0.2, 0) is 25.3 Å². The standard InChI is InChI=1S/C24H21FN4O2/c1-13-27-18-8-9-24(12-26,11-16(18)23(30)28-13)17-5-7-20(31-3)22-21(17)15-10-14(25)4-6-19(15)29(22)2/h4-7,10H,8-9,11H2,1-3H3,(H,27,28,30). The van der Waals surface area contributed by atoms with Gasteiger partial charge in [0.1, 0.15) is 17.4 Å². The van der Waals surface area contributed by atoms with Crippen molar-refractivity contribution in [2.24, 2.45) is 7.05 Å². The van der Waals surface area contributed by atoms with Crippen molar-refractivity contribution in [1.29, 1.82) is 5.26 Å². The van der Waals surface area contributed by atoms with Crippen molar-refractivity contribution in [3.05, 3.63) is 69.1 Å². The molecule has 1 aliphatic carbocycles. The van der Waals surface area contributed by atoms with Crippen LogP contribution in [0.15, 0.2) is 35.1 Å². The van der Waals surface area contributed by atoms with E-state index in [1.54, 1.807) is 20.1 Å². The summed E-state index contributed by atoms with van der Waals surface area (Å²) >= 11 is 0. The first kappa shape index (κ1) is 19.3. The number of hydrogen-bond donors (Lipinski definition) is 1. The molecule has 0 aliphatic heterocycles. The zero-order valence-corrected chi connectivity index (χ0v) is 17.5. The van der Waals surface area contributed by atoms with Crippen molar-refractivity contribution in [2.75, 3.05) is 7.11 Å². The second-order valence-corrected chi connectivity index (χ2v) is 8.21. The van der Waals surface area contributed by atoms with Gasteiger partial charge in [-0.3, -0.25) is 4.79 Å². The third-order valence-electron chi connectivity index (χ3n) is 6.50. The van der Waals surface area contributed by atoms with Gasteiger partial charge >= 0.3 is 0 Å². The first-order chi connectivity index (χ1) is 14.9. The van der Waals surface area contributed by atoms with E-state index in [4.69, 9.17) is 4.74 Å². The van der Waals surface area contributed by atoms with E-state index in [1.165, 1.54) is 12.1 Å². The highest BCUT2D eigenvalue weighted by molar-refractivity contribution is 6.12. The van der Waals surface area contributed by atoms with Gasteiger partial charge in [0, 0.05) is 35.3 Å². The van der Waals surface area contributed by atoms with Crippen molar-refractivity contribution in [3.63, 3.8) is 0 Å². The summed E-state index contributed by atoms with van der Waals surface area (Å²) in [5.41, 5.74) is 2.61. The van der Waals surface area contributed by atoms with Crippen LogP contribution >= 0.6 is 0 Å². The number of nitrogens with zero attached hydrogens (tertiary/aromatic N) is 3. The largest absolute Gasteiger partial charge is 0.495 e. The molecular weight excluding hydrogens is 395 g/mol. The van der Waals surface area contributed by atoms with Gasteiger partial charge < -0.3 is 14.3 Å². The quantitative estimate of drug-likeness (QED) is 0.538. The Morgan fingerprint density at radius 2 is 2.13 bits per heavy atom. The van der Waals surface area contributed by atoms with Gasteiger partial charge in [-0.15, -0.1) is 0 Å². The fourth-order valence-electron chi connectivity index (χ4n) is 5.03. The minimum Gasteiger partial charge on any atom is -0.495 e. The van der Waals surface area contributed by atoms with Crippen LogP contribution in [0.25, 0.3) is 21.8 Å². The molecule has 4 aromatic rings. The summed E-state index contributed by atoms with van der Waals surface area (Å²) in [5, 5.41) is 11.9. The summed E-state index contributed by atoms with van der Waals surface area (Å²) in [7, 11) is 3.50. The predicted molar refractivity (Wildman–Crippen MR) is 116 cm³/mol. The van der Waals surface area contributed by atoms with Crippen molar-refractivity contribution in [3.8, 4) is 11.8 Å². The second-order valence-electron chi connectivity index (χ2n) is 8.21. The number of rotatable bonds is 2. The summed E-state index contributed by atoms with van der Waals surface area (Å²) in [6.07, 6.45) is 1.31. The first-order valence-corrected chi connectivity index (χ1v) is 10.1. The molecule has 0 fully saturated rings. The maximum absolute atomic E-state index is 14.2. The van der Waals surface area contributed by atoms with E-state index in [1.807, 2.05) is 23.7 Å². The van der Waals surface area contributed by atoms with Gasteiger partial charge in [0.15, 0.2) is 0 Å². The molecule has 0 spiro atoms. The van der Waals surface area contributed by atoms with Crippen molar-refractivity contribution in [1.82, 2.24) is 14.5 Å². The number of ether oxygens (including phenoxy) is 1. The molecule has 0 saturated heterocycles. The van der Waals surface area contributed by atoms with E-state index in [0.717, 1.165) is 33.1 Å². The number of methoxy groups -OCH3 is 1. The fraction of sp³-hybridized carbons (Fsp3) is 0.292. The Bertz CT molecular complexity index is 1480. The van der Waals surface area contributed by atoms with E-state index in [9.17, 15) is 14.4 Å². The zero-order valence-electron chi connectivity index (χ0n) is 17.5. The molecule has 1 aliphatic rings. The van der Waals surface area contributed by atoms with Crippen LogP contribution in [0.4, 0.5) is 4.39 Å². The topological polar surface area (TPSA) is 83.7 Å². The highest BCUT2D eigenvalue weighted by Crippen LogP contribution is 2.45. The Morgan fingerprint density at radius 1 is 1.32 bits per heavy atom. The molecule has 1 atom stereocenters. The molecule has 1 N–H and O–H groups in total. The van der Waals surface area contributed by atoms with Gasteiger partial charge in [-0.05, 0) is 49.6 Å². The average molecular weight is 416 g/mol. The smallest absolute Gasteiger partial charge is 0.254 e. The molecule has 6 nitrogen and oxygen atoms in total. The number of aryl methyl sites for hydroxylation is 3. The Morgan fingerprint density at radius 3 is 2.87 bits per heavy atom. The van der Waals surface area contributed by atoms with Crippen LogP contribution in [0, 0.1) is 24.1 Å². The maximum atomic E-state index is 14.2. The molecule has 2 aromatic carbocycles. The lowest BCUT2D eigenvalue weighted by atomic mass is 9.68. The van der Waals surface area contributed by atoms with Gasteiger partial charge in [-0.1, -0.05) is 6.07 Å². The molecule has 2 aromatic heterocycles. The molecule has 31 heavy (non-hydrogen) atoms. The fourth-order valence-corrected chi connectivity index (χ4v) is 5.03. The number of aromatic amines is 1. The van der Waals surface area contributed by atoms with Crippen LogP contribution in [0.3, 0.4) is 0 Å². The lowest BCUT2D eigenvalue weighted by Gasteiger charge is -2.32. The zero-order chi connectivity index (χ0) is 21.9. The second kappa shape index (κ2) is 6.67. The van der Waals surface area contributed by atoms with Crippen molar-refractivity contribution >= 4 is 21.8 Å². The van der Waals surface area contributed by atoms with E-state index in [0.29, 0.717) is 30.0 Å². The Balaban J connectivity index is 1.85. The van der Waals surface area contributed by atoms with Gasteiger partial charge in [0.25, 0.3) is 5.56 Å². The number of nitriles is 1. The number of hydrogen-bond acceptors (Lipinski definition) is 4. The molecule has 0 radical (unpaired) electrons. The van der Waals surface area contributed by atoms with Crippen LogP contribution < -0.4 is 10.3 Å². The molecular formula is C24H21FN4O2. The summed E-state index contributed by atoms with van der Waals surface area (Å²) in [6, 6.07) is 10.9. The minimum atomic E-state index is -0.929. The Hall–Kier alpha value is -3.66. The molecule has 2 heterocycles. The van der Waals surface area contributed by atoms with Crippen LogP contribution in [-0.4, -0.2) is 21.6 Å². The highest BCUT2D eigenvalue weighted by Gasteiger charge is 2.40. The summed E-state index contributed by atoms with van der Waals surface area (Å²) in [4.78, 5) is 19.9. The number of nitrogens with one attached hydrogen (secondary N) is 1. The third-order valence-corrected chi connectivity index (χ3v) is 6.50. The van der Waals surface area contributed by atoms with Gasteiger partial charge in [0.05, 0.1) is 29.8 Å². The summed E-state index contributed by atoms with van der Waals surface area (Å²) in [5.74, 6) is 0.881. The normalized spacial score (nSPS) is 18.2. The molecule has 0 amide bonds. The molecule has 156 valence electrons. The monoisotopic (exact) mass is 416 g/mol. The highest BCUT2D eigenvalue weighted by atomic mass is 19.1. The number of fused-ring (bicyclic) bond motifs is 4. The average Bonchev–Trinajstić information content (AvgIpc) is 3.05. The van der Waals surface area contributed by atoms with Crippen LogP contribution in [0.5, 0.6) is 5.75 Å². The predicted octanol–water partition coefficient (Wildman–Crippen LogP) is 3.82. The number of benzene rings is 2. The Labute approximate surface area is 177 Å². The lowest BCUT2D eigenvalue weighted by molar-refractivity contribution is 0.417. The number of aromatic nitrogens is 3. The lowest BCUT2D eigenvalue weighted by Crippen LogP contribution is -2.36. The molecule has 1 unspecified atom stereocenters. The SMILES string of the molecule is COc1ccc(C2(C#N)CCc3nc(C)[nH]c(=O)c3C2)c2c3cc(F)ccc3n(C)c12. The van der Waals surface area contributed by atoms with Gasteiger partial charge in [0.2, 0.25) is 0 Å². The van der Waals surface area contributed by atoms with E-state index < -0.39 is 5.41 Å². The van der Waals surface area contributed by atoms with Crippen LogP contribution in [0.2, 0.25) is 0 Å². The first-order valence-electron chi connectivity index (χ1n) is 10.1. The summed E-state index contributed by atoms with van der Waals surface area (Å²) < 4.78 is 21.8.